The monoisotopic (exact) mass is 253 g/mol. The smallest absolute Gasteiger partial charge is 0.0898 e. The average Bonchev–Trinajstić information content (AvgIpc) is 2.66. The number of rotatable bonds is 3. The third kappa shape index (κ3) is 2.41. The molecular weight excluding hydrogens is 242 g/mol. The maximum Gasteiger partial charge on any atom is 0.0898 e. The summed E-state index contributed by atoms with van der Waals surface area (Å²) in [6.07, 6.45) is 0. The van der Waals surface area contributed by atoms with Crippen LogP contribution in [-0.2, 0) is 0 Å². The number of hydrogen-bond donors (Lipinski definition) is 2. The maximum atomic E-state index is 5.95. The maximum absolute atomic E-state index is 5.95. The van der Waals surface area contributed by atoms with E-state index in [-0.39, 0.29) is 6.04 Å². The predicted molar refractivity (Wildman–Crippen MR) is 67.5 cm³/mol. The Bertz CT molecular complexity index is 484. The van der Waals surface area contributed by atoms with Crippen LogP contribution in [0.1, 0.15) is 22.3 Å². The van der Waals surface area contributed by atoms with Gasteiger partial charge >= 0.3 is 0 Å². The molecule has 0 radical (unpaired) electrons. The van der Waals surface area contributed by atoms with Crippen LogP contribution in [-0.4, -0.2) is 4.98 Å². The fourth-order valence-electron chi connectivity index (χ4n) is 1.55. The zero-order valence-electron chi connectivity index (χ0n) is 8.77. The molecule has 1 unspecified atom stereocenters. The number of hydrazine groups is 1. The first-order valence-corrected chi connectivity index (χ1v) is 6.10. The predicted octanol–water partition coefficient (Wildman–Crippen LogP) is 2.66. The molecule has 1 atom stereocenters. The van der Waals surface area contributed by atoms with Gasteiger partial charge in [0.05, 0.1) is 16.7 Å². The van der Waals surface area contributed by atoms with Gasteiger partial charge in [0.15, 0.2) is 0 Å². The number of thiazole rings is 1. The van der Waals surface area contributed by atoms with Gasteiger partial charge in [0.1, 0.15) is 0 Å². The number of nitrogens with one attached hydrogen (secondary N) is 1. The molecule has 1 heterocycles. The van der Waals surface area contributed by atoms with E-state index in [0.717, 1.165) is 16.3 Å². The fourth-order valence-corrected chi connectivity index (χ4v) is 2.39. The largest absolute Gasteiger partial charge is 0.271 e. The summed E-state index contributed by atoms with van der Waals surface area (Å²) in [4.78, 5) is 4.42. The van der Waals surface area contributed by atoms with E-state index in [0.29, 0.717) is 5.02 Å². The number of hydrogen-bond acceptors (Lipinski definition) is 4. The van der Waals surface area contributed by atoms with Crippen LogP contribution in [0.25, 0.3) is 0 Å². The van der Waals surface area contributed by atoms with E-state index in [9.17, 15) is 0 Å². The normalized spacial score (nSPS) is 12.7. The lowest BCUT2D eigenvalue weighted by Crippen LogP contribution is -2.29. The molecule has 2 aromatic rings. The molecule has 0 saturated carbocycles. The number of halogens is 1. The summed E-state index contributed by atoms with van der Waals surface area (Å²) < 4.78 is 0. The lowest BCUT2D eigenvalue weighted by atomic mass is 10.1. The topological polar surface area (TPSA) is 50.9 Å². The Morgan fingerprint density at radius 2 is 2.31 bits per heavy atom. The van der Waals surface area contributed by atoms with Crippen molar-refractivity contribution in [1.29, 1.82) is 0 Å². The van der Waals surface area contributed by atoms with E-state index in [1.54, 1.807) is 11.3 Å². The number of nitrogens with zero attached hydrogens (tertiary/aromatic N) is 1. The summed E-state index contributed by atoms with van der Waals surface area (Å²) in [5.74, 6) is 5.57. The minimum Gasteiger partial charge on any atom is -0.271 e. The van der Waals surface area contributed by atoms with Gasteiger partial charge < -0.3 is 0 Å². The molecule has 0 aliphatic rings. The van der Waals surface area contributed by atoms with Gasteiger partial charge in [-0.2, -0.15) is 0 Å². The number of aromatic nitrogens is 1. The summed E-state index contributed by atoms with van der Waals surface area (Å²) >= 11 is 7.56. The summed E-state index contributed by atoms with van der Waals surface area (Å²) in [7, 11) is 0. The quantitative estimate of drug-likeness (QED) is 0.653. The Morgan fingerprint density at radius 3 is 2.88 bits per heavy atom. The molecule has 1 aromatic carbocycles. The van der Waals surface area contributed by atoms with E-state index in [4.69, 9.17) is 17.4 Å². The standard InChI is InChI=1S/C11H12ClN3S/c1-7-14-10(6-16-7)11(15-13)8-3-2-4-9(12)5-8/h2-6,11,15H,13H2,1H3. The second-order valence-corrected chi connectivity index (χ2v) is 4.94. The highest BCUT2D eigenvalue weighted by molar-refractivity contribution is 7.09. The molecule has 0 fully saturated rings. The van der Waals surface area contributed by atoms with Crippen LogP contribution in [0, 0.1) is 6.92 Å². The summed E-state index contributed by atoms with van der Waals surface area (Å²) in [5, 5.41) is 3.72. The van der Waals surface area contributed by atoms with Gasteiger partial charge in [-0.1, -0.05) is 23.7 Å². The zero-order chi connectivity index (χ0) is 11.5. The van der Waals surface area contributed by atoms with Crippen LogP contribution in [0.3, 0.4) is 0 Å². The molecule has 0 spiro atoms. The van der Waals surface area contributed by atoms with E-state index in [1.807, 2.05) is 36.6 Å². The second kappa shape index (κ2) is 4.93. The van der Waals surface area contributed by atoms with Crippen molar-refractivity contribution in [2.24, 2.45) is 5.84 Å². The van der Waals surface area contributed by atoms with Gasteiger partial charge in [0.25, 0.3) is 0 Å². The van der Waals surface area contributed by atoms with Crippen molar-refractivity contribution in [3.8, 4) is 0 Å². The van der Waals surface area contributed by atoms with E-state index in [1.165, 1.54) is 0 Å². The molecular formula is C11H12ClN3S. The van der Waals surface area contributed by atoms with Crippen LogP contribution < -0.4 is 11.3 Å². The molecule has 3 N–H and O–H groups in total. The highest BCUT2D eigenvalue weighted by atomic mass is 35.5. The second-order valence-electron chi connectivity index (χ2n) is 3.45. The SMILES string of the molecule is Cc1nc(C(NN)c2cccc(Cl)c2)cs1. The fraction of sp³-hybridized carbons (Fsp3) is 0.182. The summed E-state index contributed by atoms with van der Waals surface area (Å²) in [5.41, 5.74) is 4.70. The molecule has 2 rings (SSSR count). The summed E-state index contributed by atoms with van der Waals surface area (Å²) in [6, 6.07) is 7.50. The number of nitrogens with two attached hydrogens (primary N) is 1. The van der Waals surface area contributed by atoms with Crippen LogP contribution in [0.15, 0.2) is 29.6 Å². The zero-order valence-corrected chi connectivity index (χ0v) is 10.3. The Labute approximate surface area is 103 Å². The minimum absolute atomic E-state index is 0.108. The van der Waals surface area contributed by atoms with Crippen molar-refractivity contribution in [2.45, 2.75) is 13.0 Å². The molecule has 0 bridgehead atoms. The molecule has 16 heavy (non-hydrogen) atoms. The molecule has 0 saturated heterocycles. The van der Waals surface area contributed by atoms with Gasteiger partial charge in [0.2, 0.25) is 0 Å². The Balaban J connectivity index is 2.36. The van der Waals surface area contributed by atoms with Crippen molar-refractivity contribution < 1.29 is 0 Å². The Morgan fingerprint density at radius 1 is 1.50 bits per heavy atom. The van der Waals surface area contributed by atoms with E-state index in [2.05, 4.69) is 10.4 Å². The van der Waals surface area contributed by atoms with Crippen molar-refractivity contribution in [3.05, 3.63) is 50.9 Å². The third-order valence-electron chi connectivity index (χ3n) is 2.28. The average molecular weight is 254 g/mol. The van der Waals surface area contributed by atoms with Gasteiger partial charge in [-0.3, -0.25) is 5.84 Å². The minimum atomic E-state index is -0.108. The number of aryl methyl sites for hydroxylation is 1. The van der Waals surface area contributed by atoms with Gasteiger partial charge in [-0.25, -0.2) is 10.4 Å². The molecule has 0 amide bonds. The summed E-state index contributed by atoms with van der Waals surface area (Å²) in [6.45, 7) is 1.97. The van der Waals surface area contributed by atoms with Gasteiger partial charge in [0, 0.05) is 10.4 Å². The molecule has 5 heteroatoms. The first-order valence-electron chi connectivity index (χ1n) is 4.84. The van der Waals surface area contributed by atoms with Crippen molar-refractivity contribution >= 4 is 22.9 Å². The van der Waals surface area contributed by atoms with Crippen LogP contribution in [0.4, 0.5) is 0 Å². The van der Waals surface area contributed by atoms with Crippen molar-refractivity contribution in [1.82, 2.24) is 10.4 Å². The van der Waals surface area contributed by atoms with Crippen LogP contribution >= 0.6 is 22.9 Å². The lowest BCUT2D eigenvalue weighted by Gasteiger charge is -2.14. The molecule has 0 aliphatic heterocycles. The van der Waals surface area contributed by atoms with E-state index >= 15 is 0 Å². The Kier molecular flexibility index (Phi) is 3.56. The molecule has 0 aliphatic carbocycles. The molecule has 3 nitrogen and oxygen atoms in total. The number of benzene rings is 1. The van der Waals surface area contributed by atoms with Crippen LogP contribution in [0.2, 0.25) is 5.02 Å². The molecule has 84 valence electrons. The van der Waals surface area contributed by atoms with Crippen LogP contribution in [0.5, 0.6) is 0 Å². The highest BCUT2D eigenvalue weighted by Crippen LogP contribution is 2.24. The van der Waals surface area contributed by atoms with Crippen molar-refractivity contribution in [2.75, 3.05) is 0 Å². The first kappa shape index (κ1) is 11.5. The van der Waals surface area contributed by atoms with E-state index < -0.39 is 0 Å². The first-order chi connectivity index (χ1) is 7.70. The lowest BCUT2D eigenvalue weighted by molar-refractivity contribution is 0.623. The molecule has 1 aromatic heterocycles. The highest BCUT2D eigenvalue weighted by Gasteiger charge is 2.15. The van der Waals surface area contributed by atoms with Gasteiger partial charge in [-0.15, -0.1) is 11.3 Å². The van der Waals surface area contributed by atoms with Crippen molar-refractivity contribution in [3.63, 3.8) is 0 Å². The Hall–Kier alpha value is -0.940. The third-order valence-corrected chi connectivity index (χ3v) is 3.31. The van der Waals surface area contributed by atoms with Gasteiger partial charge in [-0.05, 0) is 24.6 Å².